The summed E-state index contributed by atoms with van der Waals surface area (Å²) in [5, 5.41) is 6.16. The SMILES string of the molecule is CCN1CCCN(c2ccc(NC(N=CCF)=NCc3ccc(NC(CF)=NC(C)C)c(C)c3)nc2)CC1. The highest BCUT2D eigenvalue weighted by Gasteiger charge is 2.14. The average Bonchev–Trinajstić information content (AvgIpc) is 3.17. The van der Waals surface area contributed by atoms with E-state index in [0.717, 1.165) is 61.6 Å². The van der Waals surface area contributed by atoms with E-state index in [1.807, 2.05) is 57.3 Å². The second-order valence-corrected chi connectivity index (χ2v) is 9.48. The molecule has 0 atom stereocenters. The lowest BCUT2D eigenvalue weighted by Gasteiger charge is -2.23. The van der Waals surface area contributed by atoms with Crippen LogP contribution in [0.2, 0.25) is 0 Å². The molecule has 10 heteroatoms. The van der Waals surface area contributed by atoms with E-state index >= 15 is 0 Å². The molecule has 1 aromatic heterocycles. The van der Waals surface area contributed by atoms with Crippen LogP contribution in [0.3, 0.4) is 0 Å². The summed E-state index contributed by atoms with van der Waals surface area (Å²) in [4.78, 5) is 22.3. The van der Waals surface area contributed by atoms with Gasteiger partial charge < -0.3 is 20.4 Å². The number of rotatable bonds is 9. The molecule has 206 valence electrons. The molecule has 8 nitrogen and oxygen atoms in total. The van der Waals surface area contributed by atoms with E-state index in [-0.39, 0.29) is 12.0 Å². The minimum absolute atomic E-state index is 0.00438. The van der Waals surface area contributed by atoms with Crippen LogP contribution in [0.4, 0.5) is 26.0 Å². The fraction of sp³-hybridized carbons (Fsp3) is 0.500. The Balaban J connectivity index is 1.66. The molecule has 0 unspecified atom stereocenters. The smallest absolute Gasteiger partial charge is 0.223 e. The maximum atomic E-state index is 13.3. The number of halogens is 2. The van der Waals surface area contributed by atoms with Crippen molar-refractivity contribution in [2.75, 3.05) is 61.6 Å². The monoisotopic (exact) mass is 526 g/mol. The molecule has 1 aliphatic heterocycles. The normalized spacial score (nSPS) is 15.8. The predicted molar refractivity (Wildman–Crippen MR) is 156 cm³/mol. The van der Waals surface area contributed by atoms with Gasteiger partial charge in [0.05, 0.1) is 18.4 Å². The van der Waals surface area contributed by atoms with Gasteiger partial charge in [-0.25, -0.2) is 23.7 Å². The maximum absolute atomic E-state index is 13.3. The van der Waals surface area contributed by atoms with Crippen LogP contribution in [0.5, 0.6) is 0 Å². The number of hydrogen-bond donors (Lipinski definition) is 2. The van der Waals surface area contributed by atoms with Crippen molar-refractivity contribution in [1.82, 2.24) is 9.88 Å². The third kappa shape index (κ3) is 9.16. The van der Waals surface area contributed by atoms with E-state index in [4.69, 9.17) is 0 Å². The molecule has 38 heavy (non-hydrogen) atoms. The van der Waals surface area contributed by atoms with Gasteiger partial charge in [-0.2, -0.15) is 0 Å². The molecule has 1 fully saturated rings. The molecule has 0 spiro atoms. The molecule has 0 amide bonds. The lowest BCUT2D eigenvalue weighted by molar-refractivity contribution is 0.310. The molecule has 3 rings (SSSR count). The van der Waals surface area contributed by atoms with Gasteiger partial charge in [-0.1, -0.05) is 19.1 Å². The number of likely N-dealkylation sites (N-methyl/N-ethyl adjacent to an activating group) is 1. The number of amidine groups is 1. The second kappa shape index (κ2) is 15.1. The molecule has 1 aromatic carbocycles. The summed E-state index contributed by atoms with van der Waals surface area (Å²) in [6, 6.07) is 9.70. The van der Waals surface area contributed by atoms with Crippen LogP contribution in [-0.4, -0.2) is 80.0 Å². The molecule has 2 aromatic rings. The van der Waals surface area contributed by atoms with Crippen molar-refractivity contribution in [1.29, 1.82) is 0 Å². The van der Waals surface area contributed by atoms with E-state index in [1.165, 1.54) is 6.21 Å². The Morgan fingerprint density at radius 2 is 1.95 bits per heavy atom. The maximum Gasteiger partial charge on any atom is 0.223 e. The van der Waals surface area contributed by atoms with Crippen molar-refractivity contribution in [2.24, 2.45) is 15.0 Å². The van der Waals surface area contributed by atoms with Crippen LogP contribution in [0.1, 0.15) is 38.3 Å². The fourth-order valence-electron chi connectivity index (χ4n) is 4.24. The van der Waals surface area contributed by atoms with Crippen molar-refractivity contribution in [3.63, 3.8) is 0 Å². The first-order valence-electron chi connectivity index (χ1n) is 13.2. The van der Waals surface area contributed by atoms with E-state index < -0.39 is 13.3 Å². The van der Waals surface area contributed by atoms with E-state index in [0.29, 0.717) is 18.2 Å². The summed E-state index contributed by atoms with van der Waals surface area (Å²) in [5.41, 5.74) is 3.76. The molecule has 1 aliphatic rings. The lowest BCUT2D eigenvalue weighted by Crippen LogP contribution is -2.30. The Kier molecular flexibility index (Phi) is 11.6. The highest BCUT2D eigenvalue weighted by molar-refractivity contribution is 5.98. The van der Waals surface area contributed by atoms with Crippen LogP contribution < -0.4 is 15.5 Å². The van der Waals surface area contributed by atoms with Crippen molar-refractivity contribution < 1.29 is 8.78 Å². The Labute approximate surface area is 225 Å². The summed E-state index contributed by atoms with van der Waals surface area (Å²) in [6.07, 6.45) is 4.15. The van der Waals surface area contributed by atoms with Crippen molar-refractivity contribution in [3.05, 3.63) is 47.7 Å². The number of aryl methyl sites for hydroxylation is 1. The summed E-state index contributed by atoms with van der Waals surface area (Å²) in [6.45, 7) is 12.2. The number of anilines is 3. The highest BCUT2D eigenvalue weighted by atomic mass is 19.1. The summed E-state index contributed by atoms with van der Waals surface area (Å²) >= 11 is 0. The zero-order chi connectivity index (χ0) is 27.3. The van der Waals surface area contributed by atoms with E-state index in [2.05, 4.69) is 47.3 Å². The number of aliphatic imine (C=N–C) groups is 3. The fourth-order valence-corrected chi connectivity index (χ4v) is 4.24. The van der Waals surface area contributed by atoms with Crippen LogP contribution in [0.15, 0.2) is 51.5 Å². The number of guanidine groups is 1. The lowest BCUT2D eigenvalue weighted by atomic mass is 10.1. The molecule has 0 bridgehead atoms. The van der Waals surface area contributed by atoms with Gasteiger partial charge in [0.25, 0.3) is 0 Å². The standard InChI is InChI=1S/C28H40F2N8/c1-5-37-13-6-14-38(16-15-37)24-8-10-26(32-20-24)36-28(31-12-11-29)33-19-23-7-9-25(22(4)17-23)35-27(18-30)34-21(2)3/h7-10,12,17,20-21H,5-6,11,13-16,18-19H2,1-4H3,(H,34,35)(H,32,33,36). The van der Waals surface area contributed by atoms with Gasteiger partial charge in [-0.3, -0.25) is 4.99 Å². The van der Waals surface area contributed by atoms with Gasteiger partial charge in [0.2, 0.25) is 5.96 Å². The Bertz CT molecular complexity index is 1100. The van der Waals surface area contributed by atoms with Gasteiger partial charge in [-0.05, 0) is 69.6 Å². The number of alkyl halides is 2. The van der Waals surface area contributed by atoms with Crippen LogP contribution in [0.25, 0.3) is 0 Å². The van der Waals surface area contributed by atoms with Crippen molar-refractivity contribution in [2.45, 2.75) is 46.7 Å². The first-order valence-corrected chi connectivity index (χ1v) is 13.2. The number of aromatic nitrogens is 1. The van der Waals surface area contributed by atoms with Crippen molar-refractivity contribution >= 4 is 35.2 Å². The van der Waals surface area contributed by atoms with E-state index in [1.54, 1.807) is 0 Å². The van der Waals surface area contributed by atoms with Gasteiger partial charge in [0.15, 0.2) is 0 Å². The van der Waals surface area contributed by atoms with Gasteiger partial charge in [0.1, 0.15) is 25.0 Å². The van der Waals surface area contributed by atoms with Gasteiger partial charge in [0, 0.05) is 37.6 Å². The van der Waals surface area contributed by atoms with Gasteiger partial charge in [-0.15, -0.1) is 0 Å². The number of nitrogens with zero attached hydrogens (tertiary/aromatic N) is 6. The van der Waals surface area contributed by atoms with Crippen molar-refractivity contribution in [3.8, 4) is 0 Å². The minimum Gasteiger partial charge on any atom is -0.369 e. The summed E-state index contributed by atoms with van der Waals surface area (Å²) in [7, 11) is 0. The molecule has 0 saturated carbocycles. The topological polar surface area (TPSA) is 80.5 Å². The largest absolute Gasteiger partial charge is 0.369 e. The third-order valence-electron chi connectivity index (χ3n) is 6.19. The quantitative estimate of drug-likeness (QED) is 0.350. The molecule has 2 N–H and O–H groups in total. The minimum atomic E-state index is -0.689. The first-order chi connectivity index (χ1) is 18.4. The molecule has 0 aliphatic carbocycles. The molecular formula is C28H40F2N8. The summed E-state index contributed by atoms with van der Waals surface area (Å²) < 4.78 is 26.1. The third-order valence-corrected chi connectivity index (χ3v) is 6.19. The molecule has 1 saturated heterocycles. The zero-order valence-corrected chi connectivity index (χ0v) is 22.9. The summed E-state index contributed by atoms with van der Waals surface area (Å²) in [5.74, 6) is 1.17. The Morgan fingerprint density at radius 3 is 2.61 bits per heavy atom. The van der Waals surface area contributed by atoms with Crippen LogP contribution in [-0.2, 0) is 6.54 Å². The predicted octanol–water partition coefficient (Wildman–Crippen LogP) is 5.12. The van der Waals surface area contributed by atoms with Crippen LogP contribution >= 0.6 is 0 Å². The number of nitrogens with one attached hydrogen (secondary N) is 2. The van der Waals surface area contributed by atoms with Gasteiger partial charge >= 0.3 is 0 Å². The molecular weight excluding hydrogens is 486 g/mol. The average molecular weight is 527 g/mol. The number of benzene rings is 1. The molecule has 0 radical (unpaired) electrons. The zero-order valence-electron chi connectivity index (χ0n) is 22.9. The highest BCUT2D eigenvalue weighted by Crippen LogP contribution is 2.19. The van der Waals surface area contributed by atoms with Crippen LogP contribution in [0, 0.1) is 6.92 Å². The number of hydrogen-bond acceptors (Lipinski definition) is 5. The Hall–Kier alpha value is -3.40. The Morgan fingerprint density at radius 1 is 1.11 bits per heavy atom. The second-order valence-electron chi connectivity index (χ2n) is 9.48. The first kappa shape index (κ1) is 29.2. The van der Waals surface area contributed by atoms with E-state index in [9.17, 15) is 8.78 Å². The molecule has 2 heterocycles. The number of pyridine rings is 1.